The first-order valence-corrected chi connectivity index (χ1v) is 5.79. The molecule has 0 aliphatic heterocycles. The van der Waals surface area contributed by atoms with Crippen molar-refractivity contribution in [2.24, 2.45) is 7.05 Å². The van der Waals surface area contributed by atoms with Gasteiger partial charge in [0.15, 0.2) is 5.69 Å². The van der Waals surface area contributed by atoms with E-state index in [2.05, 4.69) is 5.10 Å². The molecule has 1 aromatic heterocycles. The smallest absolute Gasteiger partial charge is 0.355 e. The van der Waals surface area contributed by atoms with Crippen LogP contribution in [0, 0.1) is 5.82 Å². The van der Waals surface area contributed by atoms with Gasteiger partial charge in [-0.25, -0.2) is 9.18 Å². The summed E-state index contributed by atoms with van der Waals surface area (Å²) in [6.07, 6.45) is 0. The lowest BCUT2D eigenvalue weighted by Gasteiger charge is -2.04. The molecule has 1 aromatic carbocycles. The van der Waals surface area contributed by atoms with Gasteiger partial charge in [0.05, 0.1) is 10.7 Å². The monoisotopic (exact) mass is 303 g/mol. The van der Waals surface area contributed by atoms with E-state index >= 15 is 0 Å². The van der Waals surface area contributed by atoms with Crippen molar-refractivity contribution in [2.75, 3.05) is 5.73 Å². The Morgan fingerprint density at radius 3 is 2.63 bits per heavy atom. The van der Waals surface area contributed by atoms with Crippen LogP contribution in [0.5, 0.6) is 0 Å². The summed E-state index contributed by atoms with van der Waals surface area (Å²) < 4.78 is 14.9. The Balaban J connectivity index is 2.70. The van der Waals surface area contributed by atoms with E-state index in [0.29, 0.717) is 0 Å². The van der Waals surface area contributed by atoms with Crippen molar-refractivity contribution >= 4 is 34.9 Å². The van der Waals surface area contributed by atoms with E-state index < -0.39 is 11.8 Å². The van der Waals surface area contributed by atoms with Gasteiger partial charge in [-0.3, -0.25) is 4.68 Å². The number of carboxylic acids is 1. The Morgan fingerprint density at radius 1 is 1.47 bits per heavy atom. The number of anilines is 1. The molecule has 0 atom stereocenters. The molecule has 0 amide bonds. The predicted molar refractivity (Wildman–Crippen MR) is 70.0 cm³/mol. The molecule has 0 spiro atoms. The fraction of sp³-hybridized carbons (Fsp3) is 0.0909. The number of benzene rings is 1. The molecule has 2 aromatic rings. The van der Waals surface area contributed by atoms with Gasteiger partial charge >= 0.3 is 5.97 Å². The molecular formula is C11H8Cl2FN3O2. The van der Waals surface area contributed by atoms with E-state index in [1.54, 1.807) is 0 Å². The zero-order chi connectivity index (χ0) is 14.3. The standard InChI is InChI=1S/C11H8Cl2FN3O2/c1-17-10(11(18)19)8(13)9(16-17)4-2-7(15)5(12)3-6(4)14/h2-3H,15H2,1H3,(H,18,19). The summed E-state index contributed by atoms with van der Waals surface area (Å²) in [5, 5.41) is 12.8. The van der Waals surface area contributed by atoms with Crippen LogP contribution in [-0.4, -0.2) is 20.9 Å². The molecule has 2 rings (SSSR count). The van der Waals surface area contributed by atoms with Crippen LogP contribution in [0.4, 0.5) is 10.1 Å². The van der Waals surface area contributed by atoms with Gasteiger partial charge in [0.1, 0.15) is 16.5 Å². The number of halogens is 3. The molecule has 1 heterocycles. The third-order valence-corrected chi connectivity index (χ3v) is 3.22. The Morgan fingerprint density at radius 2 is 2.11 bits per heavy atom. The molecule has 3 N–H and O–H groups in total. The number of aromatic nitrogens is 2. The molecular weight excluding hydrogens is 296 g/mol. The molecule has 0 aliphatic carbocycles. The highest BCUT2D eigenvalue weighted by Gasteiger charge is 2.23. The Labute approximate surface area is 117 Å². The first kappa shape index (κ1) is 13.6. The Bertz CT molecular complexity index is 685. The number of carbonyl (C=O) groups is 1. The average molecular weight is 304 g/mol. The molecule has 0 aliphatic rings. The molecule has 0 bridgehead atoms. The molecule has 19 heavy (non-hydrogen) atoms. The minimum absolute atomic E-state index is 0.00225. The van der Waals surface area contributed by atoms with Crippen LogP contribution in [-0.2, 0) is 7.05 Å². The van der Waals surface area contributed by atoms with Crippen LogP contribution in [0.3, 0.4) is 0 Å². The van der Waals surface area contributed by atoms with E-state index in [9.17, 15) is 9.18 Å². The molecule has 0 saturated carbocycles. The summed E-state index contributed by atoms with van der Waals surface area (Å²) in [4.78, 5) is 11.0. The van der Waals surface area contributed by atoms with Gasteiger partial charge in [-0.05, 0) is 12.1 Å². The number of hydrogen-bond donors (Lipinski definition) is 2. The lowest BCUT2D eigenvalue weighted by Crippen LogP contribution is -2.05. The van der Waals surface area contributed by atoms with Gasteiger partial charge in [0.2, 0.25) is 0 Å². The molecule has 8 heteroatoms. The van der Waals surface area contributed by atoms with E-state index in [1.807, 2.05) is 0 Å². The minimum Gasteiger partial charge on any atom is -0.476 e. The number of aromatic carboxylic acids is 1. The fourth-order valence-electron chi connectivity index (χ4n) is 1.65. The van der Waals surface area contributed by atoms with E-state index in [1.165, 1.54) is 13.1 Å². The van der Waals surface area contributed by atoms with Crippen LogP contribution < -0.4 is 5.73 Å². The van der Waals surface area contributed by atoms with Crippen LogP contribution in [0.25, 0.3) is 11.3 Å². The summed E-state index contributed by atoms with van der Waals surface area (Å²) in [5.41, 5.74) is 5.50. The number of nitrogens with zero attached hydrogens (tertiary/aromatic N) is 2. The largest absolute Gasteiger partial charge is 0.476 e. The number of nitrogen functional groups attached to an aromatic ring is 1. The Hall–Kier alpha value is -1.79. The van der Waals surface area contributed by atoms with Crippen molar-refractivity contribution < 1.29 is 14.3 Å². The summed E-state index contributed by atoms with van der Waals surface area (Å²) >= 11 is 11.6. The van der Waals surface area contributed by atoms with E-state index in [-0.39, 0.29) is 32.7 Å². The number of aryl methyl sites for hydroxylation is 1. The van der Waals surface area contributed by atoms with Crippen molar-refractivity contribution in [1.82, 2.24) is 9.78 Å². The first-order valence-electron chi connectivity index (χ1n) is 5.03. The second-order valence-corrected chi connectivity index (χ2v) is 4.58. The molecule has 0 radical (unpaired) electrons. The van der Waals surface area contributed by atoms with Crippen molar-refractivity contribution in [2.45, 2.75) is 0 Å². The third kappa shape index (κ3) is 2.24. The molecule has 100 valence electrons. The highest BCUT2D eigenvalue weighted by atomic mass is 35.5. The Kier molecular flexibility index (Phi) is 3.38. The third-order valence-electron chi connectivity index (χ3n) is 2.53. The maximum absolute atomic E-state index is 13.8. The van der Waals surface area contributed by atoms with Crippen LogP contribution in [0.1, 0.15) is 10.5 Å². The highest BCUT2D eigenvalue weighted by Crippen LogP contribution is 2.34. The molecule has 5 nitrogen and oxygen atoms in total. The van der Waals surface area contributed by atoms with Crippen molar-refractivity contribution in [1.29, 1.82) is 0 Å². The predicted octanol–water partition coefficient (Wildman–Crippen LogP) is 2.81. The zero-order valence-electron chi connectivity index (χ0n) is 9.62. The van der Waals surface area contributed by atoms with Crippen LogP contribution in [0.15, 0.2) is 12.1 Å². The summed E-state index contributed by atoms with van der Waals surface area (Å²) in [7, 11) is 1.40. The maximum atomic E-state index is 13.8. The van der Waals surface area contributed by atoms with Crippen molar-refractivity contribution in [3.05, 3.63) is 33.7 Å². The minimum atomic E-state index is -1.26. The average Bonchev–Trinajstić information content (AvgIpc) is 2.59. The topological polar surface area (TPSA) is 81.1 Å². The second-order valence-electron chi connectivity index (χ2n) is 3.79. The number of carboxylic acid groups (broad SMARTS) is 1. The van der Waals surface area contributed by atoms with Gasteiger partial charge in [0, 0.05) is 12.6 Å². The molecule has 0 saturated heterocycles. The van der Waals surface area contributed by atoms with Crippen molar-refractivity contribution in [3.63, 3.8) is 0 Å². The zero-order valence-corrected chi connectivity index (χ0v) is 11.1. The number of nitrogens with two attached hydrogens (primary N) is 1. The van der Waals surface area contributed by atoms with Crippen LogP contribution in [0.2, 0.25) is 10.0 Å². The van der Waals surface area contributed by atoms with E-state index in [0.717, 1.165) is 10.7 Å². The lowest BCUT2D eigenvalue weighted by molar-refractivity contribution is 0.0685. The molecule has 0 unspecified atom stereocenters. The van der Waals surface area contributed by atoms with Gasteiger partial charge < -0.3 is 10.8 Å². The van der Waals surface area contributed by atoms with Gasteiger partial charge in [-0.15, -0.1) is 0 Å². The normalized spacial score (nSPS) is 10.7. The highest BCUT2D eigenvalue weighted by molar-refractivity contribution is 6.36. The van der Waals surface area contributed by atoms with Crippen molar-refractivity contribution in [3.8, 4) is 11.3 Å². The summed E-state index contributed by atoms with van der Waals surface area (Å²) in [6.45, 7) is 0. The fourth-order valence-corrected chi connectivity index (χ4v) is 2.14. The number of rotatable bonds is 2. The van der Waals surface area contributed by atoms with E-state index in [4.69, 9.17) is 34.0 Å². The van der Waals surface area contributed by atoms with Crippen LogP contribution >= 0.6 is 23.2 Å². The maximum Gasteiger partial charge on any atom is 0.355 e. The quantitative estimate of drug-likeness (QED) is 0.836. The second kappa shape index (κ2) is 4.71. The summed E-state index contributed by atoms with van der Waals surface area (Å²) in [5.74, 6) is -1.94. The van der Waals surface area contributed by atoms with Gasteiger partial charge in [-0.1, -0.05) is 23.2 Å². The molecule has 0 fully saturated rings. The first-order chi connectivity index (χ1) is 8.82. The summed E-state index contributed by atoms with van der Waals surface area (Å²) in [6, 6.07) is 2.29. The van der Waals surface area contributed by atoms with Gasteiger partial charge in [-0.2, -0.15) is 5.10 Å². The van der Waals surface area contributed by atoms with Gasteiger partial charge in [0.25, 0.3) is 0 Å². The lowest BCUT2D eigenvalue weighted by atomic mass is 10.1. The SMILES string of the molecule is Cn1nc(-c2cc(N)c(Cl)cc2F)c(Cl)c1C(=O)O. The number of hydrogen-bond acceptors (Lipinski definition) is 3.